The van der Waals surface area contributed by atoms with Crippen molar-refractivity contribution in [2.45, 2.75) is 32.1 Å². The van der Waals surface area contributed by atoms with Crippen LogP contribution in [0.25, 0.3) is 0 Å². The fraction of sp³-hybridized carbons (Fsp3) is 0.261. The highest BCUT2D eigenvalue weighted by Gasteiger charge is 2.16. The number of rotatable bonds is 10. The van der Waals surface area contributed by atoms with Crippen LogP contribution in [0.2, 0.25) is 10.0 Å². The van der Waals surface area contributed by atoms with E-state index in [2.05, 4.69) is 20.8 Å². The first-order valence-corrected chi connectivity index (χ1v) is 12.4. The van der Waals surface area contributed by atoms with Crippen molar-refractivity contribution < 1.29 is 19.1 Å². The van der Waals surface area contributed by atoms with Gasteiger partial charge < -0.3 is 19.9 Å². The van der Waals surface area contributed by atoms with Crippen molar-refractivity contribution in [3.8, 4) is 0 Å². The molecule has 12 heteroatoms. The standard InChI is InChI=1S/C23H23Cl2N5O4S/c1-3-30-19(12-26-21(32)17-10-7-15(24)11-18(17)25)28-29-23(30)35-13-20(31)27-16-8-5-14(6-9-16)22(33)34-4-2/h5-11H,3-4,12-13H2,1-2H3,(H,26,32)(H,27,31). The number of nitrogens with one attached hydrogen (secondary N) is 2. The maximum absolute atomic E-state index is 12.5. The predicted octanol–water partition coefficient (Wildman–Crippen LogP) is 4.44. The van der Waals surface area contributed by atoms with Crippen molar-refractivity contribution in [2.75, 3.05) is 17.7 Å². The summed E-state index contributed by atoms with van der Waals surface area (Å²) < 4.78 is 6.76. The minimum atomic E-state index is -0.414. The first kappa shape index (κ1) is 26.5. The molecule has 3 rings (SSSR count). The van der Waals surface area contributed by atoms with Crippen molar-refractivity contribution in [1.82, 2.24) is 20.1 Å². The minimum Gasteiger partial charge on any atom is -0.462 e. The molecule has 0 saturated heterocycles. The fourth-order valence-electron chi connectivity index (χ4n) is 3.03. The van der Waals surface area contributed by atoms with Crippen LogP contribution in [0.3, 0.4) is 0 Å². The lowest BCUT2D eigenvalue weighted by molar-refractivity contribution is -0.113. The first-order chi connectivity index (χ1) is 16.8. The summed E-state index contributed by atoms with van der Waals surface area (Å²) in [6.07, 6.45) is 0. The Labute approximate surface area is 216 Å². The van der Waals surface area contributed by atoms with Crippen LogP contribution in [0.5, 0.6) is 0 Å². The van der Waals surface area contributed by atoms with Crippen molar-refractivity contribution in [1.29, 1.82) is 0 Å². The van der Waals surface area contributed by atoms with E-state index in [-0.39, 0.29) is 29.1 Å². The lowest BCUT2D eigenvalue weighted by Crippen LogP contribution is -2.25. The molecule has 9 nitrogen and oxygen atoms in total. The van der Waals surface area contributed by atoms with Crippen LogP contribution in [0.4, 0.5) is 5.69 Å². The van der Waals surface area contributed by atoms with Crippen LogP contribution in [-0.4, -0.2) is 44.9 Å². The smallest absolute Gasteiger partial charge is 0.338 e. The van der Waals surface area contributed by atoms with Crippen LogP contribution in [0.1, 0.15) is 40.4 Å². The lowest BCUT2D eigenvalue weighted by Gasteiger charge is -2.10. The number of benzene rings is 2. The molecule has 0 atom stereocenters. The van der Waals surface area contributed by atoms with Crippen LogP contribution in [-0.2, 0) is 22.6 Å². The summed E-state index contributed by atoms with van der Waals surface area (Å²) in [5.74, 6) is -0.368. The van der Waals surface area contributed by atoms with Crippen LogP contribution in [0.15, 0.2) is 47.6 Å². The van der Waals surface area contributed by atoms with Gasteiger partial charge in [0, 0.05) is 17.3 Å². The number of amides is 2. The van der Waals surface area contributed by atoms with E-state index in [1.54, 1.807) is 43.3 Å². The minimum absolute atomic E-state index is 0.102. The zero-order valence-electron chi connectivity index (χ0n) is 19.0. The summed E-state index contributed by atoms with van der Waals surface area (Å²) in [5.41, 5.74) is 1.28. The maximum atomic E-state index is 12.5. The van der Waals surface area contributed by atoms with Crippen LogP contribution >= 0.6 is 35.0 Å². The Kier molecular flexibility index (Phi) is 9.53. The molecule has 2 aromatic carbocycles. The average Bonchev–Trinajstić information content (AvgIpc) is 3.23. The van der Waals surface area contributed by atoms with E-state index >= 15 is 0 Å². The van der Waals surface area contributed by atoms with Crippen molar-refractivity contribution in [2.24, 2.45) is 0 Å². The molecular weight excluding hydrogens is 513 g/mol. The van der Waals surface area contributed by atoms with E-state index in [0.717, 1.165) is 0 Å². The number of aromatic nitrogens is 3. The predicted molar refractivity (Wildman–Crippen MR) is 135 cm³/mol. The van der Waals surface area contributed by atoms with Crippen LogP contribution in [0, 0.1) is 0 Å². The number of hydrogen-bond acceptors (Lipinski definition) is 7. The van der Waals surface area contributed by atoms with Gasteiger partial charge in [0.15, 0.2) is 11.0 Å². The first-order valence-electron chi connectivity index (χ1n) is 10.7. The molecule has 1 aromatic heterocycles. The van der Waals surface area contributed by atoms with E-state index in [0.29, 0.717) is 46.0 Å². The summed E-state index contributed by atoms with van der Waals surface area (Å²) in [6.45, 7) is 4.64. The Balaban J connectivity index is 1.54. The summed E-state index contributed by atoms with van der Waals surface area (Å²) in [7, 11) is 0. The number of anilines is 1. The lowest BCUT2D eigenvalue weighted by atomic mass is 10.2. The quantitative estimate of drug-likeness (QED) is 0.291. The third kappa shape index (κ3) is 7.20. The van der Waals surface area contributed by atoms with Gasteiger partial charge in [0.1, 0.15) is 0 Å². The zero-order valence-corrected chi connectivity index (χ0v) is 21.3. The molecule has 1 heterocycles. The van der Waals surface area contributed by atoms with E-state index in [9.17, 15) is 14.4 Å². The van der Waals surface area contributed by atoms with Gasteiger partial charge in [-0.05, 0) is 56.3 Å². The molecule has 0 bridgehead atoms. The Bertz CT molecular complexity index is 1220. The number of carbonyl (C=O) groups is 3. The largest absolute Gasteiger partial charge is 0.462 e. The fourth-order valence-corrected chi connectivity index (χ4v) is 4.35. The van der Waals surface area contributed by atoms with Gasteiger partial charge in [-0.25, -0.2) is 4.79 Å². The monoisotopic (exact) mass is 535 g/mol. The molecule has 0 radical (unpaired) electrons. The molecule has 35 heavy (non-hydrogen) atoms. The Morgan fingerprint density at radius 3 is 2.46 bits per heavy atom. The molecule has 0 aliphatic carbocycles. The molecule has 184 valence electrons. The number of carbonyl (C=O) groups excluding carboxylic acids is 3. The van der Waals surface area contributed by atoms with E-state index in [1.807, 2.05) is 11.5 Å². The van der Waals surface area contributed by atoms with E-state index < -0.39 is 5.97 Å². The van der Waals surface area contributed by atoms with E-state index in [1.165, 1.54) is 17.8 Å². The second kappa shape index (κ2) is 12.6. The van der Waals surface area contributed by atoms with Gasteiger partial charge in [-0.3, -0.25) is 9.59 Å². The van der Waals surface area contributed by atoms with E-state index in [4.69, 9.17) is 27.9 Å². The molecular formula is C23H23Cl2N5O4S. The van der Waals surface area contributed by atoms with Gasteiger partial charge >= 0.3 is 5.97 Å². The van der Waals surface area contributed by atoms with Crippen molar-refractivity contribution in [3.63, 3.8) is 0 Å². The Morgan fingerprint density at radius 1 is 1.06 bits per heavy atom. The van der Waals surface area contributed by atoms with Gasteiger partial charge in [0.2, 0.25) is 5.91 Å². The van der Waals surface area contributed by atoms with Crippen molar-refractivity contribution >= 4 is 58.4 Å². The molecule has 0 saturated carbocycles. The van der Waals surface area contributed by atoms with Crippen molar-refractivity contribution in [3.05, 3.63) is 69.5 Å². The molecule has 2 N–H and O–H groups in total. The third-order valence-corrected chi connectivity index (χ3v) is 6.22. The van der Waals surface area contributed by atoms with Gasteiger partial charge in [-0.1, -0.05) is 35.0 Å². The van der Waals surface area contributed by atoms with Gasteiger partial charge in [-0.2, -0.15) is 0 Å². The van der Waals surface area contributed by atoms with Gasteiger partial charge in [0.25, 0.3) is 5.91 Å². The molecule has 0 unspecified atom stereocenters. The second-order valence-corrected chi connectivity index (χ2v) is 8.87. The highest BCUT2D eigenvalue weighted by atomic mass is 35.5. The molecule has 0 aliphatic heterocycles. The molecule has 0 aliphatic rings. The maximum Gasteiger partial charge on any atom is 0.338 e. The topological polar surface area (TPSA) is 115 Å². The second-order valence-electron chi connectivity index (χ2n) is 7.08. The van der Waals surface area contributed by atoms with Crippen LogP contribution < -0.4 is 10.6 Å². The number of ether oxygens (including phenoxy) is 1. The number of thioether (sulfide) groups is 1. The average molecular weight is 536 g/mol. The third-order valence-electron chi connectivity index (χ3n) is 4.70. The van der Waals surface area contributed by atoms with Gasteiger partial charge in [0.05, 0.1) is 35.1 Å². The SMILES string of the molecule is CCOC(=O)c1ccc(NC(=O)CSc2nnc(CNC(=O)c3ccc(Cl)cc3Cl)n2CC)cc1. The molecule has 2 amide bonds. The number of nitrogens with zero attached hydrogens (tertiary/aromatic N) is 3. The summed E-state index contributed by atoms with van der Waals surface area (Å²) >= 11 is 13.2. The molecule has 0 fully saturated rings. The zero-order chi connectivity index (χ0) is 25.4. The Hall–Kier alpha value is -3.08. The number of halogens is 2. The summed E-state index contributed by atoms with van der Waals surface area (Å²) in [4.78, 5) is 36.6. The normalized spacial score (nSPS) is 10.6. The number of hydrogen-bond donors (Lipinski definition) is 2. The Morgan fingerprint density at radius 2 is 1.80 bits per heavy atom. The molecule has 0 spiro atoms. The molecule has 3 aromatic rings. The highest BCUT2D eigenvalue weighted by Crippen LogP contribution is 2.21. The summed E-state index contributed by atoms with van der Waals surface area (Å²) in [6, 6.07) is 11.1. The van der Waals surface area contributed by atoms with Gasteiger partial charge in [-0.15, -0.1) is 10.2 Å². The number of esters is 1. The summed E-state index contributed by atoms with van der Waals surface area (Å²) in [5, 5.41) is 15.1. The highest BCUT2D eigenvalue weighted by molar-refractivity contribution is 7.99.